The van der Waals surface area contributed by atoms with E-state index < -0.39 is 0 Å². The van der Waals surface area contributed by atoms with Crippen LogP contribution in [0.25, 0.3) is 11.3 Å². The first-order valence-corrected chi connectivity index (χ1v) is 14.4. The SMILES string of the molecule is CC(=O)N1CCCN(Cc2ccccc2)CCN(C(=O)c2cc(-c3ccc(C)cc3)n(C)n2)Cc2cc(Cl)ccc21. The van der Waals surface area contributed by atoms with Crippen LogP contribution in [-0.2, 0) is 24.9 Å². The summed E-state index contributed by atoms with van der Waals surface area (Å²) in [6, 6.07) is 26.0. The van der Waals surface area contributed by atoms with Crippen LogP contribution in [0.15, 0.2) is 78.9 Å². The van der Waals surface area contributed by atoms with E-state index in [0.717, 1.165) is 42.0 Å². The van der Waals surface area contributed by atoms with Crippen molar-refractivity contribution in [3.63, 3.8) is 0 Å². The molecule has 1 aliphatic rings. The molecule has 4 aromatic rings. The molecule has 0 unspecified atom stereocenters. The number of hydrogen-bond donors (Lipinski definition) is 0. The molecule has 0 saturated carbocycles. The molecule has 7 nitrogen and oxygen atoms in total. The summed E-state index contributed by atoms with van der Waals surface area (Å²) >= 11 is 6.43. The van der Waals surface area contributed by atoms with Gasteiger partial charge in [-0.3, -0.25) is 19.2 Å². The number of amides is 2. The number of nitrogens with zero attached hydrogens (tertiary/aromatic N) is 5. The van der Waals surface area contributed by atoms with Gasteiger partial charge in [-0.05, 0) is 54.3 Å². The fraction of sp³-hybridized carbons (Fsp3) is 0.303. The molecule has 0 radical (unpaired) electrons. The molecule has 2 heterocycles. The fourth-order valence-corrected chi connectivity index (χ4v) is 5.60. The first kappa shape index (κ1) is 28.6. The van der Waals surface area contributed by atoms with Crippen LogP contribution in [0.5, 0.6) is 0 Å². The van der Waals surface area contributed by atoms with Crippen molar-refractivity contribution in [2.24, 2.45) is 7.05 Å². The van der Waals surface area contributed by atoms with E-state index in [-0.39, 0.29) is 11.8 Å². The highest BCUT2D eigenvalue weighted by atomic mass is 35.5. The normalized spacial score (nSPS) is 14.8. The van der Waals surface area contributed by atoms with Crippen LogP contribution in [0.4, 0.5) is 5.69 Å². The van der Waals surface area contributed by atoms with Crippen LogP contribution in [0.3, 0.4) is 0 Å². The van der Waals surface area contributed by atoms with E-state index in [4.69, 9.17) is 11.6 Å². The third-order valence-corrected chi connectivity index (χ3v) is 7.83. The summed E-state index contributed by atoms with van der Waals surface area (Å²) in [7, 11) is 1.86. The number of halogens is 1. The summed E-state index contributed by atoms with van der Waals surface area (Å²) in [6.07, 6.45) is 0.808. The van der Waals surface area contributed by atoms with E-state index in [9.17, 15) is 9.59 Å². The summed E-state index contributed by atoms with van der Waals surface area (Å²) in [6.45, 7) is 7.30. The van der Waals surface area contributed by atoms with E-state index in [1.54, 1.807) is 22.6 Å². The lowest BCUT2D eigenvalue weighted by molar-refractivity contribution is -0.116. The summed E-state index contributed by atoms with van der Waals surface area (Å²) in [4.78, 5) is 32.9. The van der Waals surface area contributed by atoms with Gasteiger partial charge in [-0.25, -0.2) is 0 Å². The van der Waals surface area contributed by atoms with Gasteiger partial charge < -0.3 is 9.80 Å². The van der Waals surface area contributed by atoms with E-state index >= 15 is 0 Å². The number of aryl methyl sites for hydroxylation is 2. The van der Waals surface area contributed by atoms with Crippen molar-refractivity contribution in [1.29, 1.82) is 0 Å². The molecule has 5 rings (SSSR count). The van der Waals surface area contributed by atoms with Crippen LogP contribution >= 0.6 is 11.6 Å². The zero-order chi connectivity index (χ0) is 28.9. The Morgan fingerprint density at radius 1 is 0.902 bits per heavy atom. The number of rotatable bonds is 4. The van der Waals surface area contributed by atoms with Crippen molar-refractivity contribution in [2.75, 3.05) is 31.1 Å². The molecule has 0 saturated heterocycles. The Hall–Kier alpha value is -3.94. The van der Waals surface area contributed by atoms with Gasteiger partial charge in [-0.15, -0.1) is 0 Å². The van der Waals surface area contributed by atoms with E-state index in [0.29, 0.717) is 36.9 Å². The second-order valence-corrected chi connectivity index (χ2v) is 11.1. The summed E-state index contributed by atoms with van der Waals surface area (Å²) in [5, 5.41) is 5.19. The average molecular weight is 570 g/mol. The Labute approximate surface area is 246 Å². The van der Waals surface area contributed by atoms with Crippen LogP contribution in [0.2, 0.25) is 5.02 Å². The molecule has 0 atom stereocenters. The molecule has 0 N–H and O–H groups in total. The van der Waals surface area contributed by atoms with Gasteiger partial charge in [-0.1, -0.05) is 71.8 Å². The zero-order valence-electron chi connectivity index (χ0n) is 23.9. The van der Waals surface area contributed by atoms with Gasteiger partial charge in [-0.2, -0.15) is 5.10 Å². The number of carbonyl (C=O) groups excluding carboxylic acids is 2. The average Bonchev–Trinajstić information content (AvgIpc) is 3.33. The topological polar surface area (TPSA) is 61.7 Å². The van der Waals surface area contributed by atoms with Crippen LogP contribution in [-0.4, -0.2) is 57.6 Å². The number of carbonyl (C=O) groups is 2. The molecule has 0 fully saturated rings. The maximum absolute atomic E-state index is 14.1. The van der Waals surface area contributed by atoms with E-state index in [2.05, 4.69) is 41.2 Å². The molecule has 0 bridgehead atoms. The zero-order valence-corrected chi connectivity index (χ0v) is 24.6. The smallest absolute Gasteiger partial charge is 0.274 e. The predicted octanol–water partition coefficient (Wildman–Crippen LogP) is 5.95. The summed E-state index contributed by atoms with van der Waals surface area (Å²) in [5.41, 5.74) is 6.29. The van der Waals surface area contributed by atoms with Gasteiger partial charge in [0.05, 0.1) is 5.69 Å². The highest BCUT2D eigenvalue weighted by Crippen LogP contribution is 2.28. The summed E-state index contributed by atoms with van der Waals surface area (Å²) in [5.74, 6) is -0.189. The van der Waals surface area contributed by atoms with Crippen molar-refractivity contribution in [1.82, 2.24) is 19.6 Å². The number of anilines is 1. The first-order chi connectivity index (χ1) is 19.8. The lowest BCUT2D eigenvalue weighted by atomic mass is 10.1. The molecular formula is C33H36ClN5O2. The van der Waals surface area contributed by atoms with Crippen molar-refractivity contribution in [3.8, 4) is 11.3 Å². The van der Waals surface area contributed by atoms with Crippen molar-refractivity contribution in [3.05, 3.63) is 106 Å². The predicted molar refractivity (Wildman–Crippen MR) is 164 cm³/mol. The van der Waals surface area contributed by atoms with Gasteiger partial charge in [0.1, 0.15) is 0 Å². The first-order valence-electron chi connectivity index (χ1n) is 14.0. The Kier molecular flexibility index (Phi) is 8.86. The minimum atomic E-state index is -0.154. The van der Waals surface area contributed by atoms with Gasteiger partial charge in [0, 0.05) is 63.9 Å². The Morgan fingerprint density at radius 3 is 2.39 bits per heavy atom. The van der Waals surface area contributed by atoms with Crippen molar-refractivity contribution in [2.45, 2.75) is 33.4 Å². The standard InChI is InChI=1S/C33H36ClN5O2/c1-24-10-12-27(13-11-24)32-21-30(35-36(32)3)33(41)38-19-18-37(22-26-8-5-4-6-9-26)16-7-17-39(25(2)40)31-15-14-29(34)20-28(31)23-38/h4-6,8-15,20-21H,7,16-19,22-23H2,1-3H3. The molecule has 1 aliphatic heterocycles. The molecular weight excluding hydrogens is 534 g/mol. The largest absolute Gasteiger partial charge is 0.332 e. The molecule has 0 spiro atoms. The number of fused-ring (bicyclic) bond motifs is 1. The lowest BCUT2D eigenvalue weighted by Gasteiger charge is -2.27. The maximum atomic E-state index is 14.1. The third kappa shape index (κ3) is 6.87. The fourth-order valence-electron chi connectivity index (χ4n) is 5.40. The van der Waals surface area contributed by atoms with Crippen LogP contribution < -0.4 is 4.90 Å². The van der Waals surface area contributed by atoms with Crippen LogP contribution in [0.1, 0.15) is 40.5 Å². The molecule has 41 heavy (non-hydrogen) atoms. The monoisotopic (exact) mass is 569 g/mol. The quantitative estimate of drug-likeness (QED) is 0.305. The molecule has 0 aliphatic carbocycles. The highest BCUT2D eigenvalue weighted by molar-refractivity contribution is 6.30. The summed E-state index contributed by atoms with van der Waals surface area (Å²) < 4.78 is 1.76. The number of hydrogen-bond acceptors (Lipinski definition) is 4. The van der Waals surface area contributed by atoms with Gasteiger partial charge >= 0.3 is 0 Å². The molecule has 2 amide bonds. The highest BCUT2D eigenvalue weighted by Gasteiger charge is 2.25. The second-order valence-electron chi connectivity index (χ2n) is 10.7. The molecule has 1 aromatic heterocycles. The maximum Gasteiger partial charge on any atom is 0.274 e. The second kappa shape index (κ2) is 12.7. The molecule has 212 valence electrons. The lowest BCUT2D eigenvalue weighted by Crippen LogP contribution is -2.38. The van der Waals surface area contributed by atoms with E-state index in [1.165, 1.54) is 11.1 Å². The van der Waals surface area contributed by atoms with Crippen molar-refractivity contribution >= 4 is 29.1 Å². The number of aromatic nitrogens is 2. The Balaban J connectivity index is 1.49. The number of benzene rings is 3. The third-order valence-electron chi connectivity index (χ3n) is 7.60. The van der Waals surface area contributed by atoms with Gasteiger partial charge in [0.15, 0.2) is 5.69 Å². The Bertz CT molecular complexity index is 1520. The van der Waals surface area contributed by atoms with Gasteiger partial charge in [0.25, 0.3) is 5.91 Å². The minimum absolute atomic E-state index is 0.0345. The molecule has 3 aromatic carbocycles. The molecule has 8 heteroatoms. The minimum Gasteiger partial charge on any atom is -0.332 e. The van der Waals surface area contributed by atoms with Gasteiger partial charge in [0.2, 0.25) is 5.91 Å². The van der Waals surface area contributed by atoms with Crippen LogP contribution in [0, 0.1) is 6.92 Å². The Morgan fingerprint density at radius 2 is 1.66 bits per heavy atom. The van der Waals surface area contributed by atoms with Crippen molar-refractivity contribution < 1.29 is 9.59 Å². The van der Waals surface area contributed by atoms with E-state index in [1.807, 2.05) is 60.5 Å².